The van der Waals surface area contributed by atoms with Gasteiger partial charge in [-0.3, -0.25) is 0 Å². The van der Waals surface area contributed by atoms with Gasteiger partial charge in [0.25, 0.3) is 0 Å². The second-order valence-corrected chi connectivity index (χ2v) is 6.42. The van der Waals surface area contributed by atoms with Crippen LogP contribution in [-0.4, -0.2) is 36.9 Å². The van der Waals surface area contributed by atoms with Crippen molar-refractivity contribution in [2.24, 2.45) is 0 Å². The van der Waals surface area contributed by atoms with Gasteiger partial charge in [-0.2, -0.15) is 4.31 Å². The van der Waals surface area contributed by atoms with Crippen LogP contribution in [0.25, 0.3) is 0 Å². The van der Waals surface area contributed by atoms with Crippen LogP contribution in [0.4, 0.5) is 4.39 Å². The average Bonchev–Trinajstić information content (AvgIpc) is 2.81. The number of aromatic carboxylic acids is 1. The second kappa shape index (κ2) is 4.90. The predicted molar refractivity (Wildman–Crippen MR) is 66.1 cm³/mol. The Labute approximate surface area is 110 Å². The van der Waals surface area contributed by atoms with Gasteiger partial charge in [0.05, 0.1) is 10.5 Å². The third-order valence-electron chi connectivity index (χ3n) is 3.18. The van der Waals surface area contributed by atoms with Gasteiger partial charge in [0.1, 0.15) is 5.82 Å². The van der Waals surface area contributed by atoms with E-state index in [0.29, 0.717) is 13.1 Å². The lowest BCUT2D eigenvalue weighted by Crippen LogP contribution is -2.28. The molecule has 2 rings (SSSR count). The third-order valence-corrected chi connectivity index (χ3v) is 5.22. The molecule has 0 amide bonds. The fourth-order valence-corrected chi connectivity index (χ4v) is 3.91. The molecule has 104 valence electrons. The van der Waals surface area contributed by atoms with E-state index in [0.717, 1.165) is 25.0 Å². The molecule has 0 radical (unpaired) electrons. The lowest BCUT2D eigenvalue weighted by molar-refractivity contribution is 0.0691. The quantitative estimate of drug-likeness (QED) is 0.916. The molecule has 0 saturated carbocycles. The van der Waals surface area contributed by atoms with Crippen LogP contribution in [0, 0.1) is 12.7 Å². The number of aryl methyl sites for hydroxylation is 1. The summed E-state index contributed by atoms with van der Waals surface area (Å²) in [4.78, 5) is 10.8. The molecule has 0 bridgehead atoms. The predicted octanol–water partition coefficient (Wildman–Crippen LogP) is 1.62. The molecule has 7 heteroatoms. The molecule has 0 aromatic heterocycles. The Bertz CT molecular complexity index is 621. The third kappa shape index (κ3) is 2.48. The molecular formula is C12H14FNO4S. The molecule has 1 heterocycles. The van der Waals surface area contributed by atoms with E-state index >= 15 is 0 Å². The molecule has 1 N–H and O–H groups in total. The fourth-order valence-electron chi connectivity index (χ4n) is 2.16. The van der Waals surface area contributed by atoms with Crippen LogP contribution in [0.15, 0.2) is 17.0 Å². The lowest BCUT2D eigenvalue weighted by atomic mass is 10.1. The largest absolute Gasteiger partial charge is 0.478 e. The number of benzene rings is 1. The smallest absolute Gasteiger partial charge is 0.338 e. The molecule has 1 fully saturated rings. The van der Waals surface area contributed by atoms with Crippen molar-refractivity contribution >= 4 is 16.0 Å². The normalized spacial score (nSPS) is 16.7. The average molecular weight is 287 g/mol. The molecule has 1 aromatic rings. The first-order valence-corrected chi connectivity index (χ1v) is 7.31. The van der Waals surface area contributed by atoms with Gasteiger partial charge in [0.2, 0.25) is 10.0 Å². The Kier molecular flexibility index (Phi) is 3.60. The summed E-state index contributed by atoms with van der Waals surface area (Å²) < 4.78 is 39.5. The van der Waals surface area contributed by atoms with Crippen molar-refractivity contribution < 1.29 is 22.7 Å². The van der Waals surface area contributed by atoms with Gasteiger partial charge < -0.3 is 5.11 Å². The number of carboxylic acids is 1. The van der Waals surface area contributed by atoms with E-state index in [9.17, 15) is 17.6 Å². The highest BCUT2D eigenvalue weighted by atomic mass is 32.2. The van der Waals surface area contributed by atoms with Crippen molar-refractivity contribution in [2.75, 3.05) is 13.1 Å². The summed E-state index contributed by atoms with van der Waals surface area (Å²) in [5, 5.41) is 8.86. The Balaban J connectivity index is 2.55. The Hall–Kier alpha value is -1.47. The minimum Gasteiger partial charge on any atom is -0.478 e. The van der Waals surface area contributed by atoms with E-state index in [-0.39, 0.29) is 10.5 Å². The highest BCUT2D eigenvalue weighted by molar-refractivity contribution is 7.89. The molecule has 5 nitrogen and oxygen atoms in total. The number of hydrogen-bond donors (Lipinski definition) is 1. The van der Waals surface area contributed by atoms with Crippen molar-refractivity contribution in [3.8, 4) is 0 Å². The first-order valence-electron chi connectivity index (χ1n) is 5.87. The van der Waals surface area contributed by atoms with Gasteiger partial charge >= 0.3 is 5.97 Å². The minimum atomic E-state index is -3.74. The number of rotatable bonds is 3. The zero-order valence-corrected chi connectivity index (χ0v) is 11.2. The number of nitrogens with zero attached hydrogens (tertiary/aromatic N) is 1. The number of halogens is 1. The molecule has 0 atom stereocenters. The highest BCUT2D eigenvalue weighted by Crippen LogP contribution is 2.26. The van der Waals surface area contributed by atoms with Gasteiger partial charge in [-0.05, 0) is 37.5 Å². The van der Waals surface area contributed by atoms with E-state index in [2.05, 4.69) is 0 Å². The standard InChI is InChI=1S/C12H14FNO4S/c1-8-6-10(13)9(12(15)16)7-11(8)19(17,18)14-4-2-3-5-14/h6-7H,2-5H2,1H3,(H,15,16). The van der Waals surface area contributed by atoms with Crippen molar-refractivity contribution in [3.05, 3.63) is 29.1 Å². The molecule has 0 unspecified atom stereocenters. The number of hydrogen-bond acceptors (Lipinski definition) is 3. The maximum atomic E-state index is 13.5. The topological polar surface area (TPSA) is 74.7 Å². The van der Waals surface area contributed by atoms with E-state index in [1.807, 2.05) is 0 Å². The van der Waals surface area contributed by atoms with Crippen molar-refractivity contribution in [1.82, 2.24) is 4.31 Å². The first-order chi connectivity index (χ1) is 8.84. The zero-order valence-electron chi connectivity index (χ0n) is 10.4. The summed E-state index contributed by atoms with van der Waals surface area (Å²) in [6.45, 7) is 2.29. The molecule has 19 heavy (non-hydrogen) atoms. The lowest BCUT2D eigenvalue weighted by Gasteiger charge is -2.17. The van der Waals surface area contributed by atoms with Gasteiger partial charge in [-0.1, -0.05) is 0 Å². The summed E-state index contributed by atoms with van der Waals surface area (Å²) >= 11 is 0. The second-order valence-electron chi connectivity index (χ2n) is 4.51. The number of sulfonamides is 1. The minimum absolute atomic E-state index is 0.131. The maximum absolute atomic E-state index is 13.5. The summed E-state index contributed by atoms with van der Waals surface area (Å²) in [7, 11) is -3.74. The van der Waals surface area contributed by atoms with Gasteiger partial charge in [0.15, 0.2) is 0 Å². The van der Waals surface area contributed by atoms with E-state index < -0.39 is 27.4 Å². The Morgan fingerprint density at radius 1 is 1.32 bits per heavy atom. The molecule has 1 aromatic carbocycles. The van der Waals surface area contributed by atoms with Crippen molar-refractivity contribution in [1.29, 1.82) is 0 Å². The van der Waals surface area contributed by atoms with Crippen LogP contribution in [-0.2, 0) is 10.0 Å². The van der Waals surface area contributed by atoms with Crippen LogP contribution < -0.4 is 0 Å². The number of carboxylic acid groups (broad SMARTS) is 1. The molecule has 0 aliphatic carbocycles. The molecule has 0 spiro atoms. The van der Waals surface area contributed by atoms with Crippen LogP contribution in [0.3, 0.4) is 0 Å². The monoisotopic (exact) mass is 287 g/mol. The SMILES string of the molecule is Cc1cc(F)c(C(=O)O)cc1S(=O)(=O)N1CCCC1. The Morgan fingerprint density at radius 3 is 2.42 bits per heavy atom. The zero-order chi connectivity index (χ0) is 14.2. The summed E-state index contributed by atoms with van der Waals surface area (Å²) in [5.41, 5.74) is -0.405. The summed E-state index contributed by atoms with van der Waals surface area (Å²) in [6, 6.07) is 1.85. The molecule has 1 aliphatic rings. The van der Waals surface area contributed by atoms with Gasteiger partial charge in [-0.25, -0.2) is 17.6 Å². The van der Waals surface area contributed by atoms with Crippen LogP contribution in [0.2, 0.25) is 0 Å². The molecular weight excluding hydrogens is 273 g/mol. The van der Waals surface area contributed by atoms with Crippen molar-refractivity contribution in [2.45, 2.75) is 24.7 Å². The van der Waals surface area contributed by atoms with Gasteiger partial charge in [0, 0.05) is 13.1 Å². The van der Waals surface area contributed by atoms with Crippen LogP contribution in [0.5, 0.6) is 0 Å². The molecule has 1 saturated heterocycles. The molecule has 1 aliphatic heterocycles. The van der Waals surface area contributed by atoms with Crippen LogP contribution >= 0.6 is 0 Å². The maximum Gasteiger partial charge on any atom is 0.338 e. The first kappa shape index (κ1) is 14.0. The highest BCUT2D eigenvalue weighted by Gasteiger charge is 2.30. The van der Waals surface area contributed by atoms with E-state index in [4.69, 9.17) is 5.11 Å². The summed E-state index contributed by atoms with van der Waals surface area (Å²) in [6.07, 6.45) is 1.57. The van der Waals surface area contributed by atoms with Crippen molar-refractivity contribution in [3.63, 3.8) is 0 Å². The Morgan fingerprint density at radius 2 is 1.89 bits per heavy atom. The summed E-state index contributed by atoms with van der Waals surface area (Å²) in [5.74, 6) is -2.40. The van der Waals surface area contributed by atoms with E-state index in [1.54, 1.807) is 0 Å². The van der Waals surface area contributed by atoms with Crippen LogP contribution in [0.1, 0.15) is 28.8 Å². The number of carbonyl (C=O) groups is 1. The van der Waals surface area contributed by atoms with Gasteiger partial charge in [-0.15, -0.1) is 0 Å². The fraction of sp³-hybridized carbons (Fsp3) is 0.417. The van der Waals surface area contributed by atoms with E-state index in [1.165, 1.54) is 11.2 Å².